The number of ether oxygens (including phenoxy) is 1. The van der Waals surface area contributed by atoms with Gasteiger partial charge in [-0.15, -0.1) is 0 Å². The van der Waals surface area contributed by atoms with E-state index in [1.54, 1.807) is 13.3 Å². The molecule has 1 aliphatic heterocycles. The maximum atomic E-state index is 9.45. The molecular weight excluding hydrogens is 228 g/mol. The summed E-state index contributed by atoms with van der Waals surface area (Å²) >= 11 is 6.10. The van der Waals surface area contributed by atoms with Gasteiger partial charge in [-0.05, 0) is 12.8 Å². The minimum absolute atomic E-state index is 0.182. The number of aliphatic hydroxyl groups is 1. The molecule has 1 aromatic rings. The van der Waals surface area contributed by atoms with Crippen molar-refractivity contribution in [2.75, 3.05) is 25.1 Å². The summed E-state index contributed by atoms with van der Waals surface area (Å²) in [6.07, 6.45) is 2.97. The zero-order valence-corrected chi connectivity index (χ0v) is 9.94. The van der Waals surface area contributed by atoms with Crippen LogP contribution in [0.4, 0.5) is 5.69 Å². The number of piperidine rings is 1. The van der Waals surface area contributed by atoms with E-state index >= 15 is 0 Å². The Bertz CT molecular complexity index is 365. The van der Waals surface area contributed by atoms with E-state index in [9.17, 15) is 5.11 Å². The van der Waals surface area contributed by atoms with Crippen LogP contribution in [-0.2, 0) is 0 Å². The highest BCUT2D eigenvalue weighted by molar-refractivity contribution is 6.33. The maximum Gasteiger partial charge on any atom is 0.215 e. The Labute approximate surface area is 99.8 Å². The van der Waals surface area contributed by atoms with Gasteiger partial charge in [0.2, 0.25) is 5.88 Å². The van der Waals surface area contributed by atoms with E-state index in [4.69, 9.17) is 16.3 Å². The van der Waals surface area contributed by atoms with Gasteiger partial charge in [-0.3, -0.25) is 0 Å². The molecule has 0 atom stereocenters. The molecule has 2 heterocycles. The van der Waals surface area contributed by atoms with Crippen LogP contribution >= 0.6 is 11.6 Å². The quantitative estimate of drug-likeness (QED) is 0.858. The molecule has 1 saturated heterocycles. The molecule has 0 spiro atoms. The zero-order valence-electron chi connectivity index (χ0n) is 9.19. The first-order valence-corrected chi connectivity index (χ1v) is 5.71. The second kappa shape index (κ2) is 4.89. The van der Waals surface area contributed by atoms with Gasteiger partial charge in [0.15, 0.2) is 0 Å². The van der Waals surface area contributed by atoms with Gasteiger partial charge in [0.1, 0.15) is 0 Å². The lowest BCUT2D eigenvalue weighted by Gasteiger charge is -2.32. The predicted molar refractivity (Wildman–Crippen MR) is 63.3 cm³/mol. The summed E-state index contributed by atoms with van der Waals surface area (Å²) < 4.78 is 5.08. The summed E-state index contributed by atoms with van der Waals surface area (Å²) in [5.41, 5.74) is 0.931. The van der Waals surface area contributed by atoms with Gasteiger partial charge in [-0.25, -0.2) is 4.98 Å². The summed E-state index contributed by atoms with van der Waals surface area (Å²) in [5.74, 6) is 0.561. The molecule has 88 valence electrons. The van der Waals surface area contributed by atoms with Crippen molar-refractivity contribution in [3.63, 3.8) is 0 Å². The molecule has 5 heteroatoms. The third-order valence-electron chi connectivity index (χ3n) is 2.82. The van der Waals surface area contributed by atoms with Gasteiger partial charge in [0.25, 0.3) is 0 Å². The number of halogens is 1. The topological polar surface area (TPSA) is 45.6 Å². The van der Waals surface area contributed by atoms with Gasteiger partial charge in [-0.2, -0.15) is 0 Å². The molecule has 1 aliphatic rings. The SMILES string of the molecule is COc1cc(N2CCC(O)CC2)c(Cl)cn1. The van der Waals surface area contributed by atoms with Crippen molar-refractivity contribution in [1.29, 1.82) is 0 Å². The standard InChI is InChI=1S/C11H15ClN2O2/c1-16-11-6-10(9(12)7-13-11)14-4-2-8(15)3-5-14/h6-8,15H,2-5H2,1H3. The van der Waals surface area contributed by atoms with Gasteiger partial charge in [0.05, 0.1) is 30.1 Å². The lowest BCUT2D eigenvalue weighted by atomic mass is 10.1. The molecule has 1 N–H and O–H groups in total. The second-order valence-corrected chi connectivity index (χ2v) is 4.30. The van der Waals surface area contributed by atoms with Gasteiger partial charge >= 0.3 is 0 Å². The summed E-state index contributed by atoms with van der Waals surface area (Å²) in [6.45, 7) is 1.63. The normalized spacial score (nSPS) is 17.6. The van der Waals surface area contributed by atoms with E-state index in [0.717, 1.165) is 31.6 Å². The highest BCUT2D eigenvalue weighted by Crippen LogP contribution is 2.30. The molecule has 0 aliphatic carbocycles. The lowest BCUT2D eigenvalue weighted by molar-refractivity contribution is 0.145. The molecule has 0 saturated carbocycles. The van der Waals surface area contributed by atoms with Crippen LogP contribution in [0.25, 0.3) is 0 Å². The van der Waals surface area contributed by atoms with Crippen LogP contribution in [0, 0.1) is 0 Å². The van der Waals surface area contributed by atoms with Crippen molar-refractivity contribution in [1.82, 2.24) is 4.98 Å². The number of hydrogen-bond acceptors (Lipinski definition) is 4. The number of methoxy groups -OCH3 is 1. The van der Waals surface area contributed by atoms with Crippen molar-refractivity contribution in [3.8, 4) is 5.88 Å². The van der Waals surface area contributed by atoms with E-state index < -0.39 is 0 Å². The molecule has 4 nitrogen and oxygen atoms in total. The van der Waals surface area contributed by atoms with E-state index in [-0.39, 0.29) is 6.10 Å². The van der Waals surface area contributed by atoms with Gasteiger partial charge in [0, 0.05) is 19.2 Å². The summed E-state index contributed by atoms with van der Waals surface area (Å²) in [4.78, 5) is 6.19. The third-order valence-corrected chi connectivity index (χ3v) is 3.12. The molecule has 0 radical (unpaired) electrons. The average molecular weight is 243 g/mol. The molecule has 0 amide bonds. The Kier molecular flexibility index (Phi) is 3.51. The Morgan fingerprint density at radius 3 is 2.81 bits per heavy atom. The van der Waals surface area contributed by atoms with Crippen LogP contribution in [0.3, 0.4) is 0 Å². The van der Waals surface area contributed by atoms with Crippen molar-refractivity contribution in [3.05, 3.63) is 17.3 Å². The molecule has 16 heavy (non-hydrogen) atoms. The van der Waals surface area contributed by atoms with Crippen molar-refractivity contribution in [2.24, 2.45) is 0 Å². The highest BCUT2D eigenvalue weighted by Gasteiger charge is 2.19. The summed E-state index contributed by atoms with van der Waals surface area (Å²) in [6, 6.07) is 1.83. The number of rotatable bonds is 2. The van der Waals surface area contributed by atoms with Gasteiger partial charge in [-0.1, -0.05) is 11.6 Å². The maximum absolute atomic E-state index is 9.45. The fourth-order valence-electron chi connectivity index (χ4n) is 1.87. The summed E-state index contributed by atoms with van der Waals surface area (Å²) in [7, 11) is 1.58. The van der Waals surface area contributed by atoms with Crippen LogP contribution in [0.1, 0.15) is 12.8 Å². The van der Waals surface area contributed by atoms with Gasteiger partial charge < -0.3 is 14.7 Å². The first-order valence-electron chi connectivity index (χ1n) is 5.33. The lowest BCUT2D eigenvalue weighted by Crippen LogP contribution is -2.35. The fraction of sp³-hybridized carbons (Fsp3) is 0.545. The number of anilines is 1. The van der Waals surface area contributed by atoms with E-state index in [1.165, 1.54) is 0 Å². The van der Waals surface area contributed by atoms with Crippen LogP contribution in [0.15, 0.2) is 12.3 Å². The minimum atomic E-state index is -0.182. The van der Waals surface area contributed by atoms with Crippen molar-refractivity contribution >= 4 is 17.3 Å². The largest absolute Gasteiger partial charge is 0.481 e. The molecule has 0 unspecified atom stereocenters. The molecule has 2 rings (SSSR count). The Morgan fingerprint density at radius 2 is 2.19 bits per heavy atom. The number of nitrogens with zero attached hydrogens (tertiary/aromatic N) is 2. The third kappa shape index (κ3) is 2.39. The fourth-order valence-corrected chi connectivity index (χ4v) is 2.09. The number of hydrogen-bond donors (Lipinski definition) is 1. The molecule has 1 fully saturated rings. The summed E-state index contributed by atoms with van der Waals surface area (Å²) in [5, 5.41) is 10.1. The van der Waals surface area contributed by atoms with Crippen molar-refractivity contribution in [2.45, 2.75) is 18.9 Å². The van der Waals surface area contributed by atoms with Crippen LogP contribution in [0.5, 0.6) is 5.88 Å². The predicted octanol–water partition coefficient (Wildman–Crippen LogP) is 1.70. The van der Waals surface area contributed by atoms with Crippen LogP contribution < -0.4 is 9.64 Å². The first kappa shape index (κ1) is 11.5. The molecule has 1 aromatic heterocycles. The van der Waals surface area contributed by atoms with E-state index in [0.29, 0.717) is 10.9 Å². The Balaban J connectivity index is 2.19. The monoisotopic (exact) mass is 242 g/mol. The molecule has 0 bridgehead atoms. The zero-order chi connectivity index (χ0) is 11.5. The number of aromatic nitrogens is 1. The Morgan fingerprint density at radius 1 is 1.50 bits per heavy atom. The number of pyridine rings is 1. The second-order valence-electron chi connectivity index (χ2n) is 3.90. The van der Waals surface area contributed by atoms with Crippen LogP contribution in [0.2, 0.25) is 5.02 Å². The Hall–Kier alpha value is -1.00. The minimum Gasteiger partial charge on any atom is -0.481 e. The molecular formula is C11H15ClN2O2. The molecule has 0 aromatic carbocycles. The highest BCUT2D eigenvalue weighted by atomic mass is 35.5. The smallest absolute Gasteiger partial charge is 0.215 e. The average Bonchev–Trinajstić information content (AvgIpc) is 2.31. The first-order chi connectivity index (χ1) is 7.70. The number of aliphatic hydroxyl groups excluding tert-OH is 1. The van der Waals surface area contributed by atoms with Crippen molar-refractivity contribution < 1.29 is 9.84 Å². The van der Waals surface area contributed by atoms with E-state index in [2.05, 4.69) is 9.88 Å². The van der Waals surface area contributed by atoms with E-state index in [1.807, 2.05) is 6.07 Å². The van der Waals surface area contributed by atoms with Crippen LogP contribution in [-0.4, -0.2) is 36.4 Å².